The zero-order valence-corrected chi connectivity index (χ0v) is 11.2. The number of hydrogen-bond donors (Lipinski definition) is 1. The molecule has 104 valence electrons. The Kier molecular flexibility index (Phi) is 3.73. The first-order valence-electron chi connectivity index (χ1n) is 6.50. The largest absolute Gasteiger partial charge is 0.444 e. The number of ether oxygens (including phenoxy) is 1. The smallest absolute Gasteiger partial charge is 0.413 e. The van der Waals surface area contributed by atoms with E-state index in [0.29, 0.717) is 5.82 Å². The lowest BCUT2D eigenvalue weighted by atomic mass is 10.2. The molecule has 0 unspecified atom stereocenters. The maximum atomic E-state index is 11.8. The van der Waals surface area contributed by atoms with Crippen LogP contribution in [0.15, 0.2) is 60.9 Å². The first-order valence-corrected chi connectivity index (χ1v) is 6.50. The predicted octanol–water partition coefficient (Wildman–Crippen LogP) is 3.38. The molecule has 0 saturated carbocycles. The van der Waals surface area contributed by atoms with Crippen LogP contribution < -0.4 is 5.32 Å². The Labute approximate surface area is 121 Å². The molecule has 0 bridgehead atoms. The minimum absolute atomic E-state index is 0.218. The van der Waals surface area contributed by atoms with Crippen molar-refractivity contribution in [2.45, 2.75) is 6.61 Å². The summed E-state index contributed by atoms with van der Waals surface area (Å²) < 4.78 is 5.17. The van der Waals surface area contributed by atoms with Crippen molar-refractivity contribution in [1.29, 1.82) is 0 Å². The van der Waals surface area contributed by atoms with E-state index >= 15 is 0 Å². The number of amides is 1. The number of rotatable bonds is 3. The van der Waals surface area contributed by atoms with Crippen molar-refractivity contribution in [2.75, 3.05) is 5.32 Å². The maximum absolute atomic E-state index is 11.8. The number of carbonyl (C=O) groups is 1. The second-order valence-electron chi connectivity index (χ2n) is 4.43. The molecule has 5 nitrogen and oxygen atoms in total. The van der Waals surface area contributed by atoms with Crippen molar-refractivity contribution >= 4 is 22.8 Å². The van der Waals surface area contributed by atoms with E-state index in [1.54, 1.807) is 0 Å². The van der Waals surface area contributed by atoms with Crippen LogP contribution in [0, 0.1) is 0 Å². The van der Waals surface area contributed by atoms with Gasteiger partial charge in [0.05, 0.1) is 5.52 Å². The molecule has 2 aromatic carbocycles. The fourth-order valence-electron chi connectivity index (χ4n) is 1.96. The van der Waals surface area contributed by atoms with Gasteiger partial charge in [0.15, 0.2) is 0 Å². The van der Waals surface area contributed by atoms with Crippen LogP contribution in [0.5, 0.6) is 0 Å². The number of fused-ring (bicyclic) bond motifs is 1. The molecule has 0 aliphatic heterocycles. The van der Waals surface area contributed by atoms with Gasteiger partial charge in [0.2, 0.25) is 0 Å². The van der Waals surface area contributed by atoms with E-state index in [9.17, 15) is 4.79 Å². The van der Waals surface area contributed by atoms with Gasteiger partial charge in [0.25, 0.3) is 0 Å². The third-order valence-electron chi connectivity index (χ3n) is 2.98. The number of benzene rings is 2. The Morgan fingerprint density at radius 2 is 1.76 bits per heavy atom. The first-order chi connectivity index (χ1) is 10.3. The van der Waals surface area contributed by atoms with Gasteiger partial charge in [-0.05, 0) is 17.7 Å². The average Bonchev–Trinajstić information content (AvgIpc) is 2.54. The molecule has 21 heavy (non-hydrogen) atoms. The fourth-order valence-corrected chi connectivity index (χ4v) is 1.96. The molecule has 5 heteroatoms. The van der Waals surface area contributed by atoms with Crippen LogP contribution in [0.3, 0.4) is 0 Å². The predicted molar refractivity (Wildman–Crippen MR) is 79.8 cm³/mol. The average molecular weight is 279 g/mol. The van der Waals surface area contributed by atoms with Crippen LogP contribution in [-0.4, -0.2) is 16.1 Å². The van der Waals surface area contributed by atoms with Crippen LogP contribution in [0.25, 0.3) is 10.9 Å². The van der Waals surface area contributed by atoms with Gasteiger partial charge in [-0.2, -0.15) is 0 Å². The summed E-state index contributed by atoms with van der Waals surface area (Å²) in [6, 6.07) is 17.0. The fraction of sp³-hybridized carbons (Fsp3) is 0.0625. The summed E-state index contributed by atoms with van der Waals surface area (Å²) in [4.78, 5) is 20.1. The van der Waals surface area contributed by atoms with Crippen molar-refractivity contribution in [2.24, 2.45) is 0 Å². The van der Waals surface area contributed by atoms with Crippen molar-refractivity contribution in [3.63, 3.8) is 0 Å². The van der Waals surface area contributed by atoms with Crippen molar-refractivity contribution < 1.29 is 9.53 Å². The third kappa shape index (κ3) is 3.14. The Morgan fingerprint density at radius 1 is 1.00 bits per heavy atom. The molecule has 1 aromatic heterocycles. The number of nitrogens with zero attached hydrogens (tertiary/aromatic N) is 2. The number of carbonyl (C=O) groups excluding carboxylic acids is 1. The number of para-hydroxylation sites is 1. The highest BCUT2D eigenvalue weighted by atomic mass is 16.5. The molecular weight excluding hydrogens is 266 g/mol. The van der Waals surface area contributed by atoms with Gasteiger partial charge in [0.1, 0.15) is 18.8 Å². The van der Waals surface area contributed by atoms with Gasteiger partial charge in [-0.1, -0.05) is 42.5 Å². The highest BCUT2D eigenvalue weighted by Gasteiger charge is 2.08. The van der Waals surface area contributed by atoms with E-state index in [1.807, 2.05) is 54.6 Å². The SMILES string of the molecule is O=C(Nc1ncnc2ccccc12)OCc1ccccc1. The number of nitrogens with one attached hydrogen (secondary N) is 1. The molecule has 1 heterocycles. The molecule has 3 aromatic rings. The molecule has 0 fully saturated rings. The Hall–Kier alpha value is -2.95. The molecule has 0 saturated heterocycles. The number of anilines is 1. The second kappa shape index (κ2) is 6.00. The van der Waals surface area contributed by atoms with Gasteiger partial charge < -0.3 is 4.74 Å². The van der Waals surface area contributed by atoms with Gasteiger partial charge in [-0.15, -0.1) is 0 Å². The standard InChI is InChI=1S/C16H13N3O2/c20-16(21-10-12-6-2-1-3-7-12)19-15-13-8-4-5-9-14(13)17-11-18-15/h1-9,11H,10H2,(H,17,18,19,20). The highest BCUT2D eigenvalue weighted by molar-refractivity contribution is 5.96. The first kappa shape index (κ1) is 13.1. The van der Waals surface area contributed by atoms with Crippen LogP contribution in [0.1, 0.15) is 5.56 Å². The zero-order chi connectivity index (χ0) is 14.5. The van der Waals surface area contributed by atoms with Gasteiger partial charge >= 0.3 is 6.09 Å². The molecule has 0 aliphatic carbocycles. The topological polar surface area (TPSA) is 64.1 Å². The Bertz CT molecular complexity index is 754. The van der Waals surface area contributed by atoms with E-state index in [1.165, 1.54) is 6.33 Å². The van der Waals surface area contributed by atoms with E-state index in [0.717, 1.165) is 16.5 Å². The van der Waals surface area contributed by atoms with Crippen LogP contribution in [-0.2, 0) is 11.3 Å². The second-order valence-corrected chi connectivity index (χ2v) is 4.43. The molecular formula is C16H13N3O2. The minimum atomic E-state index is -0.539. The highest BCUT2D eigenvalue weighted by Crippen LogP contribution is 2.18. The van der Waals surface area contributed by atoms with Crippen molar-refractivity contribution in [3.05, 3.63) is 66.5 Å². The summed E-state index contributed by atoms with van der Waals surface area (Å²) in [5, 5.41) is 3.42. The number of aromatic nitrogens is 2. The van der Waals surface area contributed by atoms with E-state index < -0.39 is 6.09 Å². The Morgan fingerprint density at radius 3 is 2.62 bits per heavy atom. The normalized spacial score (nSPS) is 10.3. The molecule has 0 atom stereocenters. The van der Waals surface area contributed by atoms with Crippen LogP contribution in [0.2, 0.25) is 0 Å². The van der Waals surface area contributed by atoms with E-state index in [-0.39, 0.29) is 6.61 Å². The Balaban J connectivity index is 1.69. The van der Waals surface area contributed by atoms with E-state index in [4.69, 9.17) is 4.74 Å². The maximum Gasteiger partial charge on any atom is 0.413 e. The molecule has 1 amide bonds. The summed E-state index contributed by atoms with van der Waals surface area (Å²) >= 11 is 0. The summed E-state index contributed by atoms with van der Waals surface area (Å²) in [5.74, 6) is 0.443. The molecule has 3 rings (SSSR count). The lowest BCUT2D eigenvalue weighted by molar-refractivity contribution is 0.155. The summed E-state index contributed by atoms with van der Waals surface area (Å²) in [5.41, 5.74) is 1.70. The minimum Gasteiger partial charge on any atom is -0.444 e. The monoisotopic (exact) mass is 279 g/mol. The van der Waals surface area contributed by atoms with Gasteiger partial charge in [-0.3, -0.25) is 5.32 Å². The number of hydrogen-bond acceptors (Lipinski definition) is 4. The summed E-state index contributed by atoms with van der Waals surface area (Å²) in [7, 11) is 0. The van der Waals surface area contributed by atoms with Crippen LogP contribution >= 0.6 is 0 Å². The van der Waals surface area contributed by atoms with Crippen molar-refractivity contribution in [1.82, 2.24) is 9.97 Å². The van der Waals surface area contributed by atoms with Gasteiger partial charge in [0, 0.05) is 5.39 Å². The lowest BCUT2D eigenvalue weighted by Crippen LogP contribution is -2.14. The van der Waals surface area contributed by atoms with Crippen LogP contribution in [0.4, 0.5) is 10.6 Å². The molecule has 0 aliphatic rings. The summed E-state index contributed by atoms with van der Waals surface area (Å²) in [6.07, 6.45) is 0.873. The quantitative estimate of drug-likeness (QED) is 0.798. The molecule has 0 radical (unpaired) electrons. The molecule has 0 spiro atoms. The molecule has 1 N–H and O–H groups in total. The third-order valence-corrected chi connectivity index (χ3v) is 2.98. The van der Waals surface area contributed by atoms with E-state index in [2.05, 4.69) is 15.3 Å². The van der Waals surface area contributed by atoms with Crippen molar-refractivity contribution in [3.8, 4) is 0 Å². The zero-order valence-electron chi connectivity index (χ0n) is 11.2. The van der Waals surface area contributed by atoms with Gasteiger partial charge in [-0.25, -0.2) is 14.8 Å². The lowest BCUT2D eigenvalue weighted by Gasteiger charge is -2.08. The summed E-state index contributed by atoms with van der Waals surface area (Å²) in [6.45, 7) is 0.218.